The molecule has 2 aromatic rings. The topological polar surface area (TPSA) is 37.3 Å². The maximum Gasteiger partial charge on any atom is 0.335 e. The maximum absolute atomic E-state index is 10.9. The number of carboxylic acids is 1. The molecule has 0 aliphatic heterocycles. The fourth-order valence-corrected chi connectivity index (χ4v) is 1.96. The number of halogens is 1. The minimum atomic E-state index is -0.932. The van der Waals surface area contributed by atoms with Crippen LogP contribution in [0.2, 0.25) is 5.02 Å². The number of rotatable bonds is 2. The molecule has 2 nitrogen and oxygen atoms in total. The van der Waals surface area contributed by atoms with Crippen LogP contribution in [0.3, 0.4) is 0 Å². The molecular formula is C14H11ClO2. The summed E-state index contributed by atoms with van der Waals surface area (Å²) in [7, 11) is 0. The minimum absolute atomic E-state index is 0.269. The smallest absolute Gasteiger partial charge is 0.335 e. The summed E-state index contributed by atoms with van der Waals surface area (Å²) < 4.78 is 0. The molecule has 2 rings (SSSR count). The van der Waals surface area contributed by atoms with E-state index < -0.39 is 5.97 Å². The molecule has 0 radical (unpaired) electrons. The first-order valence-electron chi connectivity index (χ1n) is 5.18. The second-order valence-electron chi connectivity index (χ2n) is 3.81. The third-order valence-electron chi connectivity index (χ3n) is 2.65. The average molecular weight is 247 g/mol. The normalized spacial score (nSPS) is 10.2. The van der Waals surface area contributed by atoms with Crippen LogP contribution in [-0.4, -0.2) is 11.1 Å². The van der Waals surface area contributed by atoms with Crippen molar-refractivity contribution >= 4 is 17.6 Å². The number of carboxylic acid groups (broad SMARTS) is 1. The molecule has 0 amide bonds. The molecule has 0 bridgehead atoms. The fraction of sp³-hybridized carbons (Fsp3) is 0.0714. The van der Waals surface area contributed by atoms with E-state index in [1.165, 1.54) is 0 Å². The van der Waals surface area contributed by atoms with Gasteiger partial charge >= 0.3 is 5.97 Å². The maximum atomic E-state index is 10.9. The first kappa shape index (κ1) is 11.7. The molecule has 0 atom stereocenters. The number of benzene rings is 2. The van der Waals surface area contributed by atoms with Gasteiger partial charge in [0.05, 0.1) is 5.56 Å². The lowest BCUT2D eigenvalue weighted by atomic mass is 9.98. The van der Waals surface area contributed by atoms with Crippen molar-refractivity contribution in [2.45, 2.75) is 6.92 Å². The zero-order valence-electron chi connectivity index (χ0n) is 9.27. The van der Waals surface area contributed by atoms with Crippen LogP contribution in [0.4, 0.5) is 0 Å². The average Bonchev–Trinajstić information content (AvgIpc) is 2.30. The lowest BCUT2D eigenvalue weighted by molar-refractivity contribution is 0.0697. The predicted octanol–water partition coefficient (Wildman–Crippen LogP) is 4.01. The Morgan fingerprint density at radius 1 is 1.12 bits per heavy atom. The molecule has 0 spiro atoms. The number of aryl methyl sites for hydroxylation is 1. The van der Waals surface area contributed by atoms with Crippen molar-refractivity contribution in [3.8, 4) is 11.1 Å². The lowest BCUT2D eigenvalue weighted by Crippen LogP contribution is -1.97. The van der Waals surface area contributed by atoms with Crippen molar-refractivity contribution in [2.75, 3.05) is 0 Å². The molecule has 17 heavy (non-hydrogen) atoms. The van der Waals surface area contributed by atoms with E-state index in [0.717, 1.165) is 16.7 Å². The highest BCUT2D eigenvalue weighted by Gasteiger charge is 2.09. The van der Waals surface area contributed by atoms with Crippen molar-refractivity contribution < 1.29 is 9.90 Å². The largest absolute Gasteiger partial charge is 0.478 e. The summed E-state index contributed by atoms with van der Waals surface area (Å²) >= 11 is 6.12. The van der Waals surface area contributed by atoms with Gasteiger partial charge in [-0.05, 0) is 36.2 Å². The van der Waals surface area contributed by atoms with Gasteiger partial charge in [-0.3, -0.25) is 0 Å². The Bertz CT molecular complexity index is 576. The van der Waals surface area contributed by atoms with Crippen LogP contribution in [0.1, 0.15) is 15.9 Å². The van der Waals surface area contributed by atoms with Crippen LogP contribution in [0.25, 0.3) is 11.1 Å². The summed E-state index contributed by atoms with van der Waals surface area (Å²) in [6, 6.07) is 12.5. The van der Waals surface area contributed by atoms with Gasteiger partial charge < -0.3 is 5.11 Å². The number of hydrogen-bond acceptors (Lipinski definition) is 1. The Morgan fingerprint density at radius 3 is 2.47 bits per heavy atom. The zero-order valence-corrected chi connectivity index (χ0v) is 10.0. The summed E-state index contributed by atoms with van der Waals surface area (Å²) in [5.74, 6) is -0.932. The van der Waals surface area contributed by atoms with E-state index in [4.69, 9.17) is 16.7 Å². The first-order valence-corrected chi connectivity index (χ1v) is 5.56. The van der Waals surface area contributed by atoms with Crippen LogP contribution in [0.15, 0.2) is 42.5 Å². The predicted molar refractivity (Wildman–Crippen MR) is 68.6 cm³/mol. The molecule has 86 valence electrons. The highest BCUT2D eigenvalue weighted by molar-refractivity contribution is 6.33. The number of carbonyl (C=O) groups is 1. The van der Waals surface area contributed by atoms with Gasteiger partial charge in [-0.2, -0.15) is 0 Å². The quantitative estimate of drug-likeness (QED) is 0.869. The van der Waals surface area contributed by atoms with Crippen molar-refractivity contribution in [2.24, 2.45) is 0 Å². The van der Waals surface area contributed by atoms with E-state index in [-0.39, 0.29) is 5.56 Å². The summed E-state index contributed by atoms with van der Waals surface area (Å²) in [6.07, 6.45) is 0. The van der Waals surface area contributed by atoms with Gasteiger partial charge in [0.25, 0.3) is 0 Å². The van der Waals surface area contributed by atoms with E-state index in [0.29, 0.717) is 5.02 Å². The Morgan fingerprint density at radius 2 is 1.82 bits per heavy atom. The molecule has 2 aromatic carbocycles. The van der Waals surface area contributed by atoms with Crippen LogP contribution >= 0.6 is 11.6 Å². The molecular weight excluding hydrogens is 236 g/mol. The van der Waals surface area contributed by atoms with Gasteiger partial charge in [-0.25, -0.2) is 4.79 Å². The Kier molecular flexibility index (Phi) is 3.16. The third kappa shape index (κ3) is 2.32. The second-order valence-corrected chi connectivity index (χ2v) is 4.22. The molecule has 0 saturated heterocycles. The summed E-state index contributed by atoms with van der Waals surface area (Å²) in [4.78, 5) is 10.9. The zero-order chi connectivity index (χ0) is 12.4. The van der Waals surface area contributed by atoms with E-state index >= 15 is 0 Å². The van der Waals surface area contributed by atoms with Crippen LogP contribution < -0.4 is 0 Å². The van der Waals surface area contributed by atoms with Gasteiger partial charge in [-0.15, -0.1) is 0 Å². The summed E-state index contributed by atoms with van der Waals surface area (Å²) in [5, 5.41) is 9.61. The van der Waals surface area contributed by atoms with Crippen molar-refractivity contribution in [3.63, 3.8) is 0 Å². The van der Waals surface area contributed by atoms with Crippen molar-refractivity contribution in [1.82, 2.24) is 0 Å². The van der Waals surface area contributed by atoms with E-state index in [1.54, 1.807) is 24.3 Å². The van der Waals surface area contributed by atoms with E-state index in [9.17, 15) is 4.79 Å². The molecule has 0 aromatic heterocycles. The second kappa shape index (κ2) is 4.60. The molecule has 0 heterocycles. The Balaban J connectivity index is 2.63. The molecule has 3 heteroatoms. The molecule has 0 fully saturated rings. The lowest BCUT2D eigenvalue weighted by Gasteiger charge is -2.09. The Labute approximate surface area is 104 Å². The molecule has 0 aliphatic rings. The first-order chi connectivity index (χ1) is 8.09. The monoisotopic (exact) mass is 246 g/mol. The van der Waals surface area contributed by atoms with Crippen LogP contribution in [-0.2, 0) is 0 Å². The summed E-state index contributed by atoms with van der Waals surface area (Å²) in [5.41, 5.74) is 2.99. The van der Waals surface area contributed by atoms with E-state index in [2.05, 4.69) is 0 Å². The standard InChI is InChI=1S/C14H11ClO2/c1-9-6-7-10(14(16)17)8-12(9)11-4-2-3-5-13(11)15/h2-8H,1H3,(H,16,17). The fourth-order valence-electron chi connectivity index (χ4n) is 1.72. The number of hydrogen-bond donors (Lipinski definition) is 1. The molecule has 0 saturated carbocycles. The number of aromatic carboxylic acids is 1. The molecule has 0 unspecified atom stereocenters. The molecule has 1 N–H and O–H groups in total. The van der Waals surface area contributed by atoms with Crippen LogP contribution in [0, 0.1) is 6.92 Å². The van der Waals surface area contributed by atoms with Crippen molar-refractivity contribution in [3.05, 3.63) is 58.6 Å². The molecule has 0 aliphatic carbocycles. The van der Waals surface area contributed by atoms with Gasteiger partial charge in [0.2, 0.25) is 0 Å². The highest BCUT2D eigenvalue weighted by Crippen LogP contribution is 2.30. The summed E-state index contributed by atoms with van der Waals surface area (Å²) in [6.45, 7) is 1.93. The van der Waals surface area contributed by atoms with Gasteiger partial charge in [0, 0.05) is 10.6 Å². The SMILES string of the molecule is Cc1ccc(C(=O)O)cc1-c1ccccc1Cl. The third-order valence-corrected chi connectivity index (χ3v) is 2.98. The highest BCUT2D eigenvalue weighted by atomic mass is 35.5. The Hall–Kier alpha value is -1.80. The van der Waals surface area contributed by atoms with Gasteiger partial charge in [-0.1, -0.05) is 35.9 Å². The van der Waals surface area contributed by atoms with Gasteiger partial charge in [0.1, 0.15) is 0 Å². The van der Waals surface area contributed by atoms with E-state index in [1.807, 2.05) is 25.1 Å². The minimum Gasteiger partial charge on any atom is -0.478 e. The van der Waals surface area contributed by atoms with Crippen LogP contribution in [0.5, 0.6) is 0 Å². The van der Waals surface area contributed by atoms with Gasteiger partial charge in [0.15, 0.2) is 0 Å². The van der Waals surface area contributed by atoms with Crippen molar-refractivity contribution in [1.29, 1.82) is 0 Å².